The molecule has 0 aromatic heterocycles. The molecule has 1 rings (SSSR count). The van der Waals surface area contributed by atoms with Crippen LogP contribution in [-0.2, 0) is 6.42 Å². The average Bonchev–Trinajstić information content (AvgIpc) is 2.62. The fraction of sp³-hybridized carbons (Fsp3) is 0.600. The SMILES string of the molecule is CCCCCCCCCCCCc1ccc(C(/C=N/O)=N\O)cc1. The zero-order valence-electron chi connectivity index (χ0n) is 15.0. The average molecular weight is 332 g/mol. The molecule has 0 aliphatic heterocycles. The van der Waals surface area contributed by atoms with Crippen molar-refractivity contribution in [1.29, 1.82) is 0 Å². The third kappa shape index (κ3) is 8.70. The largest absolute Gasteiger partial charge is 0.411 e. The van der Waals surface area contributed by atoms with Crippen LogP contribution in [0, 0.1) is 0 Å². The van der Waals surface area contributed by atoms with Crippen LogP contribution >= 0.6 is 0 Å². The van der Waals surface area contributed by atoms with Crippen molar-refractivity contribution < 1.29 is 10.4 Å². The van der Waals surface area contributed by atoms with Gasteiger partial charge in [-0.15, -0.1) is 0 Å². The highest BCUT2D eigenvalue weighted by atomic mass is 16.4. The normalized spacial score (nSPS) is 12.1. The number of hydrogen-bond donors (Lipinski definition) is 2. The van der Waals surface area contributed by atoms with Crippen LogP contribution in [0.5, 0.6) is 0 Å². The number of rotatable bonds is 13. The lowest BCUT2D eigenvalue weighted by atomic mass is 10.0. The van der Waals surface area contributed by atoms with E-state index in [-0.39, 0.29) is 5.71 Å². The van der Waals surface area contributed by atoms with Crippen LogP contribution in [-0.4, -0.2) is 22.3 Å². The minimum atomic E-state index is 0.253. The minimum absolute atomic E-state index is 0.253. The van der Waals surface area contributed by atoms with Crippen LogP contribution in [0.4, 0.5) is 0 Å². The monoisotopic (exact) mass is 332 g/mol. The van der Waals surface area contributed by atoms with Crippen LogP contribution in [0.1, 0.15) is 82.3 Å². The smallest absolute Gasteiger partial charge is 0.131 e. The van der Waals surface area contributed by atoms with Gasteiger partial charge in [-0.25, -0.2) is 0 Å². The molecule has 2 N–H and O–H groups in total. The molecule has 0 radical (unpaired) electrons. The van der Waals surface area contributed by atoms with E-state index in [0.717, 1.165) is 18.2 Å². The Morgan fingerprint density at radius 3 is 1.88 bits per heavy atom. The van der Waals surface area contributed by atoms with Crippen LogP contribution in [0.2, 0.25) is 0 Å². The second-order valence-corrected chi connectivity index (χ2v) is 6.36. The molecule has 4 heteroatoms. The van der Waals surface area contributed by atoms with Gasteiger partial charge in [0.1, 0.15) is 5.71 Å². The number of hydrogen-bond acceptors (Lipinski definition) is 4. The summed E-state index contributed by atoms with van der Waals surface area (Å²) in [7, 11) is 0. The Kier molecular flexibility index (Phi) is 11.4. The Morgan fingerprint density at radius 1 is 0.833 bits per heavy atom. The van der Waals surface area contributed by atoms with Crippen molar-refractivity contribution in [3.05, 3.63) is 35.4 Å². The van der Waals surface area contributed by atoms with Gasteiger partial charge in [0, 0.05) is 5.56 Å². The van der Waals surface area contributed by atoms with E-state index in [1.54, 1.807) is 0 Å². The summed E-state index contributed by atoms with van der Waals surface area (Å²) in [6.07, 6.45) is 15.7. The lowest BCUT2D eigenvalue weighted by Gasteiger charge is -2.04. The molecule has 0 spiro atoms. The highest BCUT2D eigenvalue weighted by molar-refractivity contribution is 6.37. The Hall–Kier alpha value is -1.84. The van der Waals surface area contributed by atoms with E-state index in [4.69, 9.17) is 10.4 Å². The number of oxime groups is 2. The van der Waals surface area contributed by atoms with E-state index in [2.05, 4.69) is 17.2 Å². The third-order valence-corrected chi connectivity index (χ3v) is 4.36. The van der Waals surface area contributed by atoms with Crippen molar-refractivity contribution >= 4 is 11.9 Å². The molecule has 4 nitrogen and oxygen atoms in total. The number of benzene rings is 1. The lowest BCUT2D eigenvalue weighted by molar-refractivity contribution is 0.316. The molecule has 0 atom stereocenters. The van der Waals surface area contributed by atoms with Crippen molar-refractivity contribution in [3.8, 4) is 0 Å². The molecule has 1 aromatic carbocycles. The van der Waals surface area contributed by atoms with E-state index < -0.39 is 0 Å². The predicted octanol–water partition coefficient (Wildman–Crippen LogP) is 5.79. The first-order valence-corrected chi connectivity index (χ1v) is 9.30. The molecular formula is C20H32N2O2. The van der Waals surface area contributed by atoms with Gasteiger partial charge >= 0.3 is 0 Å². The molecule has 0 unspecified atom stereocenters. The summed E-state index contributed by atoms with van der Waals surface area (Å²) in [6.45, 7) is 2.26. The van der Waals surface area contributed by atoms with E-state index in [1.807, 2.05) is 24.3 Å². The van der Waals surface area contributed by atoms with Gasteiger partial charge in [-0.05, 0) is 18.4 Å². The molecule has 1 aromatic rings. The van der Waals surface area contributed by atoms with Gasteiger partial charge in [-0.1, -0.05) is 99.3 Å². The highest BCUT2D eigenvalue weighted by Crippen LogP contribution is 2.13. The molecule has 0 aliphatic rings. The molecule has 24 heavy (non-hydrogen) atoms. The molecule has 0 amide bonds. The molecular weight excluding hydrogens is 300 g/mol. The summed E-state index contributed by atoms with van der Waals surface area (Å²) >= 11 is 0. The van der Waals surface area contributed by atoms with E-state index in [1.165, 1.54) is 69.8 Å². The Balaban J connectivity index is 2.13. The van der Waals surface area contributed by atoms with Crippen molar-refractivity contribution in [2.45, 2.75) is 77.6 Å². The van der Waals surface area contributed by atoms with Crippen molar-refractivity contribution in [1.82, 2.24) is 0 Å². The first-order chi connectivity index (χ1) is 11.8. The number of nitrogens with zero attached hydrogens (tertiary/aromatic N) is 2. The Labute approximate surface area is 146 Å². The summed E-state index contributed by atoms with van der Waals surface area (Å²) in [4.78, 5) is 0. The maximum Gasteiger partial charge on any atom is 0.131 e. The van der Waals surface area contributed by atoms with Crippen LogP contribution in [0.25, 0.3) is 0 Å². The molecule has 0 saturated carbocycles. The van der Waals surface area contributed by atoms with Crippen LogP contribution < -0.4 is 0 Å². The number of aryl methyl sites for hydroxylation is 1. The quantitative estimate of drug-likeness (QED) is 0.208. The summed E-state index contributed by atoms with van der Waals surface area (Å²) in [6, 6.07) is 7.86. The standard InChI is InChI=1S/C20H32N2O2/c1-2-3-4-5-6-7-8-9-10-11-12-18-13-15-19(16-14-18)20(22-24)17-21-23/h13-17,23-24H,2-12H2,1H3/b21-17+,22-20-. The molecule has 0 heterocycles. The lowest BCUT2D eigenvalue weighted by Crippen LogP contribution is -2.02. The first kappa shape index (κ1) is 20.2. The van der Waals surface area contributed by atoms with Gasteiger partial charge in [0.15, 0.2) is 0 Å². The summed E-state index contributed by atoms with van der Waals surface area (Å²) in [5.74, 6) is 0. The van der Waals surface area contributed by atoms with E-state index in [9.17, 15) is 0 Å². The topological polar surface area (TPSA) is 65.2 Å². The number of unbranched alkanes of at least 4 members (excludes halogenated alkanes) is 9. The molecule has 0 fully saturated rings. The summed E-state index contributed by atoms with van der Waals surface area (Å²) in [5.41, 5.74) is 2.28. The van der Waals surface area contributed by atoms with Gasteiger partial charge in [0.05, 0.1) is 6.21 Å². The van der Waals surface area contributed by atoms with Crippen LogP contribution in [0.3, 0.4) is 0 Å². The summed E-state index contributed by atoms with van der Waals surface area (Å²) < 4.78 is 0. The molecule has 0 aliphatic carbocycles. The van der Waals surface area contributed by atoms with Gasteiger partial charge in [0.25, 0.3) is 0 Å². The van der Waals surface area contributed by atoms with Gasteiger partial charge in [-0.2, -0.15) is 0 Å². The van der Waals surface area contributed by atoms with Crippen molar-refractivity contribution in [2.24, 2.45) is 10.3 Å². The maximum absolute atomic E-state index is 8.87. The van der Waals surface area contributed by atoms with Crippen molar-refractivity contribution in [2.75, 3.05) is 0 Å². The van der Waals surface area contributed by atoms with Crippen molar-refractivity contribution in [3.63, 3.8) is 0 Å². The van der Waals surface area contributed by atoms with E-state index in [0.29, 0.717) is 0 Å². The molecule has 0 bridgehead atoms. The minimum Gasteiger partial charge on any atom is -0.411 e. The molecule has 0 saturated heterocycles. The fourth-order valence-corrected chi connectivity index (χ4v) is 2.87. The van der Waals surface area contributed by atoms with Gasteiger partial charge < -0.3 is 10.4 Å². The fourth-order valence-electron chi connectivity index (χ4n) is 2.87. The summed E-state index contributed by atoms with van der Waals surface area (Å²) in [5, 5.41) is 23.4. The third-order valence-electron chi connectivity index (χ3n) is 4.36. The maximum atomic E-state index is 8.87. The second kappa shape index (κ2) is 13.6. The van der Waals surface area contributed by atoms with Gasteiger partial charge in [-0.3, -0.25) is 0 Å². The Morgan fingerprint density at radius 2 is 1.38 bits per heavy atom. The zero-order valence-corrected chi connectivity index (χ0v) is 15.0. The molecule has 134 valence electrons. The van der Waals surface area contributed by atoms with E-state index >= 15 is 0 Å². The zero-order chi connectivity index (χ0) is 17.5. The predicted molar refractivity (Wildman–Crippen MR) is 101 cm³/mol. The second-order valence-electron chi connectivity index (χ2n) is 6.36. The van der Waals surface area contributed by atoms with Crippen LogP contribution in [0.15, 0.2) is 34.6 Å². The highest BCUT2D eigenvalue weighted by Gasteiger charge is 2.02. The Bertz CT molecular complexity index is 481. The van der Waals surface area contributed by atoms with Gasteiger partial charge in [0.2, 0.25) is 0 Å². The first-order valence-electron chi connectivity index (χ1n) is 9.30.